The Balaban J connectivity index is 2.33. The number of alkyl halides is 3. The van der Waals surface area contributed by atoms with Crippen molar-refractivity contribution < 1.29 is 18.0 Å². The number of carbonyl (C=O) groups excluding carboxylic acids is 1. The van der Waals surface area contributed by atoms with Crippen LogP contribution in [0.1, 0.15) is 0 Å². The molecule has 0 spiro atoms. The van der Waals surface area contributed by atoms with Crippen LogP contribution in [-0.4, -0.2) is 35.1 Å². The molecule has 5 nitrogen and oxygen atoms in total. The summed E-state index contributed by atoms with van der Waals surface area (Å²) in [4.78, 5) is 18.4. The average Bonchev–Trinajstić information content (AvgIpc) is 2.23. The molecule has 94 valence electrons. The van der Waals surface area contributed by atoms with Crippen LogP contribution in [0, 0.1) is 0 Å². The number of aromatic nitrogens is 2. The molecule has 1 aromatic rings. The first-order chi connectivity index (χ1) is 7.87. The molecule has 0 saturated carbocycles. The fraction of sp³-hybridized carbons (Fsp3) is 0.375. The van der Waals surface area contributed by atoms with Gasteiger partial charge in [0.05, 0.1) is 18.9 Å². The highest BCUT2D eigenvalue weighted by Crippen LogP contribution is 2.12. The molecule has 1 heterocycles. The molecule has 17 heavy (non-hydrogen) atoms. The van der Waals surface area contributed by atoms with Gasteiger partial charge < -0.3 is 10.6 Å². The number of amides is 1. The normalized spacial score (nSPS) is 11.1. The van der Waals surface area contributed by atoms with Crippen molar-refractivity contribution >= 4 is 23.3 Å². The number of nitrogens with zero attached hydrogens (tertiary/aromatic N) is 2. The zero-order valence-corrected chi connectivity index (χ0v) is 9.14. The number of halogens is 4. The topological polar surface area (TPSA) is 66.9 Å². The molecular weight excluding hydrogens is 261 g/mol. The monoisotopic (exact) mass is 268 g/mol. The molecule has 0 fully saturated rings. The van der Waals surface area contributed by atoms with E-state index in [1.54, 1.807) is 5.32 Å². The first-order valence-corrected chi connectivity index (χ1v) is 4.79. The molecule has 0 aliphatic rings. The van der Waals surface area contributed by atoms with E-state index >= 15 is 0 Å². The third-order valence-corrected chi connectivity index (χ3v) is 1.70. The summed E-state index contributed by atoms with van der Waals surface area (Å²) in [6.07, 6.45) is -1.84. The minimum Gasteiger partial charge on any atom is -0.360 e. The van der Waals surface area contributed by atoms with Crippen LogP contribution in [0.2, 0.25) is 5.15 Å². The fourth-order valence-electron chi connectivity index (χ4n) is 0.859. The molecule has 1 rings (SSSR count). The van der Waals surface area contributed by atoms with Crippen molar-refractivity contribution in [3.63, 3.8) is 0 Å². The zero-order valence-electron chi connectivity index (χ0n) is 8.38. The van der Waals surface area contributed by atoms with Gasteiger partial charge in [-0.05, 0) is 0 Å². The van der Waals surface area contributed by atoms with E-state index in [-0.39, 0.29) is 17.5 Å². The first-order valence-electron chi connectivity index (χ1n) is 4.42. The van der Waals surface area contributed by atoms with E-state index in [0.29, 0.717) is 0 Å². The average molecular weight is 269 g/mol. The number of carbonyl (C=O) groups is 1. The third-order valence-electron chi connectivity index (χ3n) is 1.52. The molecule has 2 N–H and O–H groups in total. The standard InChI is InChI=1S/C8H8ClF3N4O/c9-5-1-13-2-6(16-5)14-3-7(17)15-4-8(10,11)12/h1-2H,3-4H2,(H,14,16)(H,15,17). The van der Waals surface area contributed by atoms with Gasteiger partial charge in [-0.3, -0.25) is 9.78 Å². The molecule has 0 aliphatic heterocycles. The Morgan fingerprint density at radius 1 is 1.41 bits per heavy atom. The van der Waals surface area contributed by atoms with E-state index in [9.17, 15) is 18.0 Å². The van der Waals surface area contributed by atoms with Crippen LogP contribution >= 0.6 is 11.6 Å². The van der Waals surface area contributed by atoms with Gasteiger partial charge in [0, 0.05) is 0 Å². The molecule has 0 aromatic carbocycles. The summed E-state index contributed by atoms with van der Waals surface area (Å²) in [5.41, 5.74) is 0. The molecule has 0 bridgehead atoms. The second-order valence-corrected chi connectivity index (χ2v) is 3.36. The van der Waals surface area contributed by atoms with Crippen molar-refractivity contribution in [2.45, 2.75) is 6.18 Å². The van der Waals surface area contributed by atoms with Crippen LogP contribution in [0.5, 0.6) is 0 Å². The molecule has 1 aromatic heterocycles. The summed E-state index contributed by atoms with van der Waals surface area (Å²) in [6.45, 7) is -1.71. The maximum atomic E-state index is 11.8. The Morgan fingerprint density at radius 3 is 2.71 bits per heavy atom. The molecule has 1 amide bonds. The van der Waals surface area contributed by atoms with E-state index in [2.05, 4.69) is 15.3 Å². The molecule has 0 radical (unpaired) electrons. The lowest BCUT2D eigenvalue weighted by molar-refractivity contribution is -0.137. The van der Waals surface area contributed by atoms with Crippen molar-refractivity contribution in [1.82, 2.24) is 15.3 Å². The van der Waals surface area contributed by atoms with E-state index in [4.69, 9.17) is 11.6 Å². The van der Waals surface area contributed by atoms with Gasteiger partial charge in [-0.1, -0.05) is 11.6 Å². The molecular formula is C8H8ClF3N4O. The molecule has 0 atom stereocenters. The number of rotatable bonds is 4. The predicted octanol–water partition coefficient (Wildman–Crippen LogP) is 1.22. The van der Waals surface area contributed by atoms with Crippen LogP contribution in [0.15, 0.2) is 12.4 Å². The minimum absolute atomic E-state index is 0.116. The third kappa shape index (κ3) is 5.91. The van der Waals surface area contributed by atoms with Gasteiger partial charge >= 0.3 is 6.18 Å². The van der Waals surface area contributed by atoms with Gasteiger partial charge in [-0.2, -0.15) is 13.2 Å². The Labute approximate surface area is 99.4 Å². The maximum Gasteiger partial charge on any atom is 0.405 e. The Kier molecular flexibility index (Phi) is 4.50. The van der Waals surface area contributed by atoms with Crippen molar-refractivity contribution in [3.05, 3.63) is 17.5 Å². The summed E-state index contributed by atoms with van der Waals surface area (Å²) in [5.74, 6) is -0.594. The highest BCUT2D eigenvalue weighted by Gasteiger charge is 2.27. The van der Waals surface area contributed by atoms with Gasteiger partial charge in [0.2, 0.25) is 5.91 Å². The smallest absolute Gasteiger partial charge is 0.360 e. The van der Waals surface area contributed by atoms with Gasteiger partial charge in [0.25, 0.3) is 0 Å². The van der Waals surface area contributed by atoms with E-state index < -0.39 is 18.6 Å². The van der Waals surface area contributed by atoms with Crippen molar-refractivity contribution in [2.24, 2.45) is 0 Å². The lowest BCUT2D eigenvalue weighted by Crippen LogP contribution is -2.37. The fourth-order valence-corrected chi connectivity index (χ4v) is 1.01. The first kappa shape index (κ1) is 13.5. The van der Waals surface area contributed by atoms with E-state index in [0.717, 1.165) is 0 Å². The molecule has 0 aliphatic carbocycles. The SMILES string of the molecule is O=C(CNc1cncc(Cl)n1)NCC(F)(F)F. The molecule has 9 heteroatoms. The zero-order chi connectivity index (χ0) is 12.9. The second-order valence-electron chi connectivity index (χ2n) is 2.97. The van der Waals surface area contributed by atoms with Crippen molar-refractivity contribution in [1.29, 1.82) is 0 Å². The molecule has 0 saturated heterocycles. The van der Waals surface area contributed by atoms with Gasteiger partial charge in [-0.15, -0.1) is 0 Å². The van der Waals surface area contributed by atoms with Crippen LogP contribution in [-0.2, 0) is 4.79 Å². The van der Waals surface area contributed by atoms with Crippen LogP contribution in [0.25, 0.3) is 0 Å². The molecule has 0 unspecified atom stereocenters. The largest absolute Gasteiger partial charge is 0.405 e. The highest BCUT2D eigenvalue weighted by atomic mass is 35.5. The predicted molar refractivity (Wildman–Crippen MR) is 54.6 cm³/mol. The summed E-state index contributed by atoms with van der Waals surface area (Å²) in [5, 5.41) is 4.30. The quantitative estimate of drug-likeness (QED) is 0.862. The van der Waals surface area contributed by atoms with Crippen LogP contribution in [0.3, 0.4) is 0 Å². The van der Waals surface area contributed by atoms with E-state index in [1.165, 1.54) is 12.4 Å². The number of hydrogen-bond donors (Lipinski definition) is 2. The summed E-state index contributed by atoms with van der Waals surface area (Å²) >= 11 is 5.52. The highest BCUT2D eigenvalue weighted by molar-refractivity contribution is 6.29. The number of nitrogens with one attached hydrogen (secondary N) is 2. The second kappa shape index (κ2) is 5.67. The summed E-state index contributed by atoms with van der Waals surface area (Å²) < 4.78 is 35.3. The Morgan fingerprint density at radius 2 is 2.12 bits per heavy atom. The Hall–Kier alpha value is -1.57. The van der Waals surface area contributed by atoms with Gasteiger partial charge in [0.1, 0.15) is 17.5 Å². The summed E-state index contributed by atoms with van der Waals surface area (Å²) in [7, 11) is 0. The van der Waals surface area contributed by atoms with E-state index in [1.807, 2.05) is 0 Å². The van der Waals surface area contributed by atoms with Gasteiger partial charge in [-0.25, -0.2) is 4.98 Å². The minimum atomic E-state index is -4.43. The lowest BCUT2D eigenvalue weighted by Gasteiger charge is -2.09. The van der Waals surface area contributed by atoms with Gasteiger partial charge in [0.15, 0.2) is 0 Å². The summed E-state index contributed by atoms with van der Waals surface area (Å²) in [6, 6.07) is 0. The van der Waals surface area contributed by atoms with Crippen LogP contribution < -0.4 is 10.6 Å². The van der Waals surface area contributed by atoms with Crippen molar-refractivity contribution in [2.75, 3.05) is 18.4 Å². The van der Waals surface area contributed by atoms with Crippen LogP contribution in [0.4, 0.5) is 19.0 Å². The number of anilines is 1. The Bertz CT molecular complexity index is 399. The van der Waals surface area contributed by atoms with Crippen molar-refractivity contribution in [3.8, 4) is 0 Å². The number of hydrogen-bond acceptors (Lipinski definition) is 4. The lowest BCUT2D eigenvalue weighted by atomic mass is 10.5. The maximum absolute atomic E-state index is 11.8.